The molecule has 0 aliphatic carbocycles. The third-order valence-corrected chi connectivity index (χ3v) is 3.07. The fraction of sp³-hybridized carbons (Fsp3) is 0.312. The Hall–Kier alpha value is -2.14. The van der Waals surface area contributed by atoms with Crippen molar-refractivity contribution in [3.63, 3.8) is 0 Å². The third-order valence-electron chi connectivity index (χ3n) is 3.07. The van der Waals surface area contributed by atoms with Gasteiger partial charge in [0.15, 0.2) is 0 Å². The summed E-state index contributed by atoms with van der Waals surface area (Å²) in [5.74, 6) is 1.21. The summed E-state index contributed by atoms with van der Waals surface area (Å²) in [6.07, 6.45) is 0. The van der Waals surface area contributed by atoms with Crippen molar-refractivity contribution in [1.29, 1.82) is 0 Å². The van der Waals surface area contributed by atoms with Gasteiger partial charge in [-0.25, -0.2) is 4.39 Å². The van der Waals surface area contributed by atoms with E-state index >= 15 is 0 Å². The Labute approximate surface area is 123 Å². The highest BCUT2D eigenvalue weighted by atomic mass is 19.1. The van der Waals surface area contributed by atoms with Gasteiger partial charge in [-0.05, 0) is 32.2 Å². The lowest BCUT2D eigenvalue weighted by Gasteiger charge is -2.15. The smallest absolute Gasteiger partial charge is 0.234 e. The van der Waals surface area contributed by atoms with E-state index in [1.54, 1.807) is 18.2 Å². The molecule has 0 fully saturated rings. The molecule has 5 heteroatoms. The number of carbonyl (C=O) groups excluding carboxylic acids is 1. The minimum Gasteiger partial charge on any atom is -0.465 e. The van der Waals surface area contributed by atoms with Crippen LogP contribution in [0.3, 0.4) is 0 Å². The number of benzene rings is 1. The Morgan fingerprint density at radius 2 is 2.05 bits per heavy atom. The van der Waals surface area contributed by atoms with Gasteiger partial charge in [-0.1, -0.05) is 18.2 Å². The summed E-state index contributed by atoms with van der Waals surface area (Å²) in [6, 6.07) is 10.2. The number of nitrogens with one attached hydrogen (secondary N) is 1. The summed E-state index contributed by atoms with van der Waals surface area (Å²) < 4.78 is 18.9. The lowest BCUT2D eigenvalue weighted by atomic mass is 10.2. The molecule has 0 atom stereocenters. The van der Waals surface area contributed by atoms with Crippen LogP contribution in [0.4, 0.5) is 4.39 Å². The van der Waals surface area contributed by atoms with E-state index in [-0.39, 0.29) is 24.8 Å². The molecule has 0 saturated carbocycles. The van der Waals surface area contributed by atoms with Crippen molar-refractivity contribution in [3.05, 3.63) is 59.3 Å². The Morgan fingerprint density at radius 3 is 2.71 bits per heavy atom. The van der Waals surface area contributed by atoms with Crippen LogP contribution in [0.25, 0.3) is 0 Å². The number of likely N-dealkylation sites (N-methyl/N-ethyl adjacent to an activating group) is 1. The normalized spacial score (nSPS) is 10.9. The van der Waals surface area contributed by atoms with E-state index in [9.17, 15) is 9.18 Å². The average Bonchev–Trinajstić information content (AvgIpc) is 2.83. The molecular formula is C16H19FN2O2. The maximum Gasteiger partial charge on any atom is 0.234 e. The lowest BCUT2D eigenvalue weighted by molar-refractivity contribution is -0.122. The number of nitrogens with zero attached hydrogens (tertiary/aromatic N) is 1. The first-order valence-corrected chi connectivity index (χ1v) is 6.78. The molecule has 0 saturated heterocycles. The summed E-state index contributed by atoms with van der Waals surface area (Å²) in [5, 5.41) is 2.71. The molecule has 0 unspecified atom stereocenters. The van der Waals surface area contributed by atoms with E-state index in [0.717, 1.165) is 11.5 Å². The van der Waals surface area contributed by atoms with Crippen LogP contribution in [0.15, 0.2) is 40.8 Å². The van der Waals surface area contributed by atoms with Crippen LogP contribution in [0, 0.1) is 12.7 Å². The lowest BCUT2D eigenvalue weighted by Crippen LogP contribution is -2.34. The van der Waals surface area contributed by atoms with Gasteiger partial charge in [-0.15, -0.1) is 0 Å². The number of halogens is 1. The quantitative estimate of drug-likeness (QED) is 0.889. The molecule has 1 aromatic heterocycles. The second-order valence-corrected chi connectivity index (χ2v) is 5.05. The van der Waals surface area contributed by atoms with E-state index in [1.165, 1.54) is 6.07 Å². The zero-order chi connectivity index (χ0) is 15.2. The molecule has 2 aromatic rings. The molecule has 21 heavy (non-hydrogen) atoms. The van der Waals surface area contributed by atoms with Crippen molar-refractivity contribution < 1.29 is 13.6 Å². The first-order chi connectivity index (χ1) is 10.0. The van der Waals surface area contributed by atoms with Crippen LogP contribution >= 0.6 is 0 Å². The van der Waals surface area contributed by atoms with Crippen molar-refractivity contribution in [1.82, 2.24) is 10.2 Å². The van der Waals surface area contributed by atoms with Gasteiger partial charge >= 0.3 is 0 Å². The summed E-state index contributed by atoms with van der Waals surface area (Å²) in [7, 11) is 1.83. The second kappa shape index (κ2) is 7.04. The third kappa shape index (κ3) is 4.72. The Kier molecular flexibility index (Phi) is 5.11. The van der Waals surface area contributed by atoms with Crippen molar-refractivity contribution in [3.8, 4) is 0 Å². The van der Waals surface area contributed by atoms with Gasteiger partial charge in [0.05, 0.1) is 13.1 Å². The van der Waals surface area contributed by atoms with Gasteiger partial charge in [0.25, 0.3) is 0 Å². The van der Waals surface area contributed by atoms with Crippen LogP contribution < -0.4 is 5.32 Å². The van der Waals surface area contributed by atoms with E-state index in [0.29, 0.717) is 12.1 Å². The molecule has 2 rings (SSSR count). The van der Waals surface area contributed by atoms with Gasteiger partial charge in [-0.2, -0.15) is 0 Å². The van der Waals surface area contributed by atoms with Crippen molar-refractivity contribution in [2.24, 2.45) is 0 Å². The summed E-state index contributed by atoms with van der Waals surface area (Å²) in [6.45, 7) is 2.86. The second-order valence-electron chi connectivity index (χ2n) is 5.05. The fourth-order valence-electron chi connectivity index (χ4n) is 2.03. The number of hydrogen-bond donors (Lipinski definition) is 1. The zero-order valence-corrected chi connectivity index (χ0v) is 12.2. The van der Waals surface area contributed by atoms with E-state index in [4.69, 9.17) is 4.42 Å². The van der Waals surface area contributed by atoms with Crippen molar-refractivity contribution >= 4 is 5.91 Å². The largest absolute Gasteiger partial charge is 0.465 e. The van der Waals surface area contributed by atoms with Crippen LogP contribution in [0.5, 0.6) is 0 Å². The predicted molar refractivity (Wildman–Crippen MR) is 78.0 cm³/mol. The molecule has 0 radical (unpaired) electrons. The first-order valence-electron chi connectivity index (χ1n) is 6.78. The molecule has 1 N–H and O–H groups in total. The Balaban J connectivity index is 1.77. The SMILES string of the molecule is Cc1ccc(CN(C)CC(=O)NCc2ccccc2F)o1. The van der Waals surface area contributed by atoms with Gasteiger partial charge in [0, 0.05) is 12.1 Å². The molecule has 4 nitrogen and oxygen atoms in total. The van der Waals surface area contributed by atoms with Crippen molar-refractivity contribution in [2.75, 3.05) is 13.6 Å². The first kappa shape index (κ1) is 15.3. The molecule has 1 aromatic carbocycles. The molecule has 112 valence electrons. The van der Waals surface area contributed by atoms with Gasteiger partial charge in [0.1, 0.15) is 17.3 Å². The maximum absolute atomic E-state index is 13.4. The zero-order valence-electron chi connectivity index (χ0n) is 12.2. The Morgan fingerprint density at radius 1 is 1.29 bits per heavy atom. The number of carbonyl (C=O) groups is 1. The minimum absolute atomic E-state index is 0.149. The molecular weight excluding hydrogens is 271 g/mol. The monoisotopic (exact) mass is 290 g/mol. The van der Waals surface area contributed by atoms with Crippen molar-refractivity contribution in [2.45, 2.75) is 20.0 Å². The fourth-order valence-corrected chi connectivity index (χ4v) is 2.03. The summed E-state index contributed by atoms with van der Waals surface area (Å²) in [5.41, 5.74) is 0.482. The number of furan rings is 1. The van der Waals surface area contributed by atoms with Gasteiger partial charge < -0.3 is 9.73 Å². The molecule has 0 bridgehead atoms. The molecule has 0 aliphatic rings. The highest BCUT2D eigenvalue weighted by molar-refractivity contribution is 5.77. The predicted octanol–water partition coefficient (Wildman–Crippen LogP) is 2.48. The molecule has 1 heterocycles. The van der Waals surface area contributed by atoms with Crippen LogP contribution in [-0.2, 0) is 17.9 Å². The number of rotatable bonds is 6. The van der Waals surface area contributed by atoms with E-state index in [1.807, 2.05) is 31.0 Å². The highest BCUT2D eigenvalue weighted by Gasteiger charge is 2.09. The number of aryl methyl sites for hydroxylation is 1. The van der Waals surface area contributed by atoms with E-state index < -0.39 is 0 Å². The summed E-state index contributed by atoms with van der Waals surface area (Å²) in [4.78, 5) is 13.7. The van der Waals surface area contributed by atoms with Gasteiger partial charge in [0.2, 0.25) is 5.91 Å². The number of hydrogen-bond acceptors (Lipinski definition) is 3. The van der Waals surface area contributed by atoms with Crippen LogP contribution in [0.2, 0.25) is 0 Å². The van der Waals surface area contributed by atoms with Gasteiger partial charge in [-0.3, -0.25) is 9.69 Å². The molecule has 0 spiro atoms. The highest BCUT2D eigenvalue weighted by Crippen LogP contribution is 2.08. The minimum atomic E-state index is -0.308. The van der Waals surface area contributed by atoms with Crippen LogP contribution in [-0.4, -0.2) is 24.4 Å². The average molecular weight is 290 g/mol. The Bertz CT molecular complexity index is 610. The number of amides is 1. The van der Waals surface area contributed by atoms with Crippen LogP contribution in [0.1, 0.15) is 17.1 Å². The standard InChI is InChI=1S/C16H19FN2O2/c1-12-7-8-14(21-12)10-19(2)11-16(20)18-9-13-5-3-4-6-15(13)17/h3-8H,9-11H2,1-2H3,(H,18,20). The molecule has 0 aliphatic heterocycles. The van der Waals surface area contributed by atoms with E-state index in [2.05, 4.69) is 5.32 Å². The topological polar surface area (TPSA) is 45.5 Å². The maximum atomic E-state index is 13.4. The molecule has 1 amide bonds. The summed E-state index contributed by atoms with van der Waals surface area (Å²) >= 11 is 0.